The van der Waals surface area contributed by atoms with Crippen LogP contribution in [0.1, 0.15) is 100 Å². The zero-order valence-corrected chi connectivity index (χ0v) is 58.5. The number of ketones is 3. The number of nitrogens with one attached hydrogen (secondary N) is 2. The molecule has 2 amide bonds. The maximum atomic E-state index is 14.7. The molecule has 3 aromatic carbocycles. The van der Waals surface area contributed by atoms with E-state index in [2.05, 4.69) is 25.9 Å². The summed E-state index contributed by atoms with van der Waals surface area (Å²) in [6.07, 6.45) is 2.20. The molecule has 0 bridgehead atoms. The van der Waals surface area contributed by atoms with E-state index in [1.165, 1.54) is 0 Å². The molecule has 2 N–H and O–H groups in total. The molecule has 27 heteroatoms. The van der Waals surface area contributed by atoms with Crippen molar-refractivity contribution in [2.45, 2.75) is 110 Å². The molecule has 6 rings (SSSR count). The fraction of sp³-hybridized carbons (Fsp3) is 0.643. The fourth-order valence-corrected chi connectivity index (χ4v) is 10.6. The number of amidine groups is 1. The molecule has 3 aliphatic rings. The summed E-state index contributed by atoms with van der Waals surface area (Å²) in [7, 11) is -2.28. The van der Waals surface area contributed by atoms with Crippen molar-refractivity contribution in [3.8, 4) is 0 Å². The van der Waals surface area contributed by atoms with Crippen molar-refractivity contribution in [2.24, 2.45) is 38.9 Å². The van der Waals surface area contributed by atoms with Gasteiger partial charge in [0.05, 0.1) is 147 Å². The van der Waals surface area contributed by atoms with Gasteiger partial charge in [0.2, 0.25) is 18.5 Å². The van der Waals surface area contributed by atoms with Gasteiger partial charge in [0.25, 0.3) is 0 Å². The number of ether oxygens (including phenoxy) is 11. The largest absolute Gasteiger partial charge is 0.748 e. The highest BCUT2D eigenvalue weighted by Gasteiger charge is 2.50. The molecule has 0 radical (unpaired) electrons. The van der Waals surface area contributed by atoms with E-state index in [9.17, 15) is 28.8 Å². The third-order valence-corrected chi connectivity index (χ3v) is 16.0. The van der Waals surface area contributed by atoms with Crippen LogP contribution in [-0.2, 0) is 99.0 Å². The van der Waals surface area contributed by atoms with Crippen molar-refractivity contribution >= 4 is 51.1 Å². The lowest BCUT2D eigenvalue weighted by molar-refractivity contribution is -0.943. The van der Waals surface area contributed by atoms with Crippen LogP contribution in [0.2, 0.25) is 0 Å². The Labute approximate surface area is 572 Å². The minimum Gasteiger partial charge on any atom is -0.748 e. The van der Waals surface area contributed by atoms with Gasteiger partial charge in [-0.25, -0.2) is 18.2 Å². The van der Waals surface area contributed by atoms with Gasteiger partial charge < -0.3 is 67.3 Å². The smallest absolute Gasteiger partial charge is 0.342 e. The molecule has 540 valence electrons. The lowest BCUT2D eigenvalue weighted by Gasteiger charge is -2.39. The Balaban J connectivity index is 0.00000327. The Kier molecular flexibility index (Phi) is 37.6. The predicted molar refractivity (Wildman–Crippen MR) is 359 cm³/mol. The first-order valence-corrected chi connectivity index (χ1v) is 35.4. The number of esters is 1. The molecule has 0 saturated carbocycles. The Morgan fingerprint density at radius 2 is 1.12 bits per heavy atom. The van der Waals surface area contributed by atoms with Crippen molar-refractivity contribution in [3.63, 3.8) is 0 Å². The Bertz CT molecular complexity index is 2980. The van der Waals surface area contributed by atoms with E-state index in [1.807, 2.05) is 88.4 Å². The van der Waals surface area contributed by atoms with E-state index in [-0.39, 0.29) is 72.8 Å². The number of carbonyl (C=O) groups excluding carboxylic acids is 6. The third-order valence-electron chi connectivity index (χ3n) is 16.0. The highest BCUT2D eigenvalue weighted by Crippen LogP contribution is 2.30. The monoisotopic (exact) mass is 1380 g/mol. The highest BCUT2D eigenvalue weighted by atomic mass is 32.2. The van der Waals surface area contributed by atoms with Gasteiger partial charge in [-0.05, 0) is 74.1 Å². The molecule has 2 fully saturated rings. The van der Waals surface area contributed by atoms with Gasteiger partial charge in [0, 0.05) is 50.0 Å². The number of nitrogens with zero attached hydrogens (tertiary/aromatic N) is 4. The number of methoxy groups -OCH3 is 1. The average molecular weight is 1380 g/mol. The SMILES string of the molecule is COCCOCCOCCOCCOCCOCCOCCOCCC1N=NC(c2ccc(C(=O)OC[N+]3(CC(=O)C[C@@H](CCc4ccccc4)C(=O)N[C@@H](CC(C)C)C(=O)C[C@@H](Cc4ccccc4)C(=O)N[C@@H](CC(C)C)C(=O)[C@@]4(C)CO4)CCOCC3)cc2)=N1.CS(=O)(=O)[O-]. The van der Waals surface area contributed by atoms with Crippen LogP contribution >= 0.6 is 0 Å². The van der Waals surface area contributed by atoms with Gasteiger partial charge in [-0.3, -0.25) is 28.5 Å². The molecule has 0 spiro atoms. The molecule has 0 aliphatic carbocycles. The first-order chi connectivity index (χ1) is 46.5. The summed E-state index contributed by atoms with van der Waals surface area (Å²) in [5.74, 6) is -3.26. The van der Waals surface area contributed by atoms with Crippen LogP contribution in [-0.4, -0.2) is 241 Å². The van der Waals surface area contributed by atoms with E-state index in [1.54, 1.807) is 38.3 Å². The Hall–Kier alpha value is -6.18. The molecule has 97 heavy (non-hydrogen) atoms. The first kappa shape index (κ1) is 81.5. The quantitative estimate of drug-likeness (QED) is 0.0217. The first-order valence-electron chi connectivity index (χ1n) is 33.6. The second-order valence-electron chi connectivity index (χ2n) is 25.4. The summed E-state index contributed by atoms with van der Waals surface area (Å²) in [6, 6.07) is 24.1. The van der Waals surface area contributed by atoms with Crippen LogP contribution in [0.3, 0.4) is 0 Å². The number of quaternary nitrogens is 1. The molecule has 6 atom stereocenters. The van der Waals surface area contributed by atoms with Crippen LogP contribution in [0.4, 0.5) is 0 Å². The van der Waals surface area contributed by atoms with E-state index in [0.29, 0.717) is 181 Å². The van der Waals surface area contributed by atoms with Gasteiger partial charge in [-0.2, -0.15) is 5.11 Å². The fourth-order valence-electron chi connectivity index (χ4n) is 10.6. The molecule has 3 heterocycles. The number of carbonyl (C=O) groups is 6. The molecular weight excluding hydrogens is 1280 g/mol. The number of azo groups is 1. The number of rotatable bonds is 50. The van der Waals surface area contributed by atoms with Gasteiger partial charge in [0.1, 0.15) is 25.2 Å². The minimum absolute atomic E-state index is 0.0110. The number of benzene rings is 3. The average Bonchev–Trinajstić information content (AvgIpc) is 1.68. The van der Waals surface area contributed by atoms with E-state index in [0.717, 1.165) is 11.1 Å². The number of hydrogen-bond donors (Lipinski definition) is 2. The standard InChI is InChI=1S/C69H100N6O17.CH4O3S/c1-51(2)43-60(62(77)47-58(45-54-15-11-8-12-16-54)67(80)71-61(44-52(3)4)64(78)69(5)49-92-69)70-66(79)57(18-17-53-13-9-7-10-14-53)46-59(76)48-75(24-27-84-28-25-75)50-91-68(81)56-21-19-55(20-22-56)65-72-63(73-74-65)23-26-83-31-32-86-35-36-88-39-40-90-42-41-89-38-37-87-34-33-85-30-29-82-6;1-5(2,3)4/h7-16,19-22,51-52,57-58,60-61,63H,17-18,23-50H2,1-6H3,(H-,70,71,79,80);1H3,(H,2,3,4)/t57-,58-,60+,61+,63?,69-;/m1./s1. The number of morpholine rings is 1. The molecule has 3 aliphatic heterocycles. The van der Waals surface area contributed by atoms with Gasteiger partial charge in [-0.1, -0.05) is 100 Å². The molecule has 1 unspecified atom stereocenters. The normalized spacial score (nSPS) is 17.7. The number of epoxide rings is 1. The van der Waals surface area contributed by atoms with Gasteiger partial charge >= 0.3 is 5.97 Å². The van der Waals surface area contributed by atoms with Crippen molar-refractivity contribution < 1.29 is 98.3 Å². The van der Waals surface area contributed by atoms with Crippen LogP contribution in [0.25, 0.3) is 0 Å². The summed E-state index contributed by atoms with van der Waals surface area (Å²) in [5.41, 5.74) is 1.87. The summed E-state index contributed by atoms with van der Waals surface area (Å²) in [5, 5.41) is 14.6. The second-order valence-corrected chi connectivity index (χ2v) is 26.8. The zero-order chi connectivity index (χ0) is 70.3. The maximum Gasteiger partial charge on any atom is 0.342 e. The number of Topliss-reactive ketones (excluding diaryl/α,β-unsaturated/α-hetero) is 3. The van der Waals surface area contributed by atoms with Crippen LogP contribution < -0.4 is 10.6 Å². The number of aliphatic imine (C=N–C) groups is 1. The highest BCUT2D eigenvalue weighted by molar-refractivity contribution is 7.84. The van der Waals surface area contributed by atoms with Crippen LogP contribution in [0.5, 0.6) is 0 Å². The molecule has 3 aromatic rings. The lowest BCUT2D eigenvalue weighted by Crippen LogP contribution is -2.59. The number of aryl methyl sites for hydroxylation is 1. The van der Waals surface area contributed by atoms with E-state index >= 15 is 0 Å². The lowest BCUT2D eigenvalue weighted by atomic mass is 9.87. The molecular formula is C70H104N6O20S. The topological polar surface area (TPSA) is 326 Å². The molecule has 26 nitrogen and oxygen atoms in total. The van der Waals surface area contributed by atoms with Crippen LogP contribution in [0, 0.1) is 23.7 Å². The third kappa shape index (κ3) is 34.0. The minimum atomic E-state index is -3.92. The van der Waals surface area contributed by atoms with Crippen LogP contribution in [0.15, 0.2) is 100 Å². The molecule has 2 saturated heterocycles. The zero-order valence-electron chi connectivity index (χ0n) is 57.7. The number of amides is 2. The van der Waals surface area contributed by atoms with Gasteiger partial charge in [0.15, 0.2) is 29.4 Å². The van der Waals surface area contributed by atoms with E-state index in [4.69, 9.17) is 65.1 Å². The Morgan fingerprint density at radius 3 is 1.63 bits per heavy atom. The predicted octanol–water partition coefficient (Wildman–Crippen LogP) is 5.95. The maximum absolute atomic E-state index is 14.7. The summed E-state index contributed by atoms with van der Waals surface area (Å²) >= 11 is 0. The Morgan fingerprint density at radius 1 is 0.649 bits per heavy atom. The van der Waals surface area contributed by atoms with E-state index < -0.39 is 63.6 Å². The van der Waals surface area contributed by atoms with Crippen molar-refractivity contribution in [2.75, 3.05) is 159 Å². The number of hydrogen-bond acceptors (Lipinski definition) is 23. The van der Waals surface area contributed by atoms with Crippen molar-refractivity contribution in [1.82, 2.24) is 10.6 Å². The summed E-state index contributed by atoms with van der Waals surface area (Å²) in [6.45, 7) is 18.4. The van der Waals surface area contributed by atoms with Crippen molar-refractivity contribution in [3.05, 3.63) is 107 Å². The summed E-state index contributed by atoms with van der Waals surface area (Å²) < 4.78 is 88.1. The van der Waals surface area contributed by atoms with Gasteiger partial charge in [-0.15, -0.1) is 5.11 Å². The van der Waals surface area contributed by atoms with Crippen molar-refractivity contribution in [1.29, 1.82) is 0 Å². The summed E-state index contributed by atoms with van der Waals surface area (Å²) in [4.78, 5) is 90.0. The molecule has 0 aromatic heterocycles. The second kappa shape index (κ2) is 44.8.